The monoisotopic (exact) mass is 234 g/mol. The van der Waals surface area contributed by atoms with E-state index in [1.54, 1.807) is 7.05 Å². The Hall–Kier alpha value is -2.06. The standard InChI is InChI=1S/C7H17N5.HNO3/c1-4-12(5-2)7(10-3)11-6(8)9;2-1(3)4/h4-5H2,1-3H3,(H4,8,9,10,11);(H,2,3,4). The topological polar surface area (TPSA) is 141 Å². The van der Waals surface area contributed by atoms with Crippen LogP contribution in [0.5, 0.6) is 0 Å². The molecule has 0 aliphatic rings. The highest BCUT2D eigenvalue weighted by molar-refractivity contribution is 5.96. The van der Waals surface area contributed by atoms with Crippen molar-refractivity contribution in [1.29, 1.82) is 5.41 Å². The summed E-state index contributed by atoms with van der Waals surface area (Å²) < 4.78 is 0. The zero-order chi connectivity index (χ0) is 13.1. The van der Waals surface area contributed by atoms with Crippen LogP contribution >= 0.6 is 0 Å². The maximum Gasteiger partial charge on any atom is 0.291 e. The van der Waals surface area contributed by atoms with Gasteiger partial charge in [-0.25, -0.2) is 0 Å². The summed E-state index contributed by atoms with van der Waals surface area (Å²) in [5.74, 6) is 0.565. The van der Waals surface area contributed by atoms with E-state index in [2.05, 4.69) is 10.3 Å². The predicted molar refractivity (Wildman–Crippen MR) is 60.1 cm³/mol. The van der Waals surface area contributed by atoms with E-state index in [9.17, 15) is 0 Å². The van der Waals surface area contributed by atoms with Crippen LogP contribution in [-0.2, 0) is 0 Å². The van der Waals surface area contributed by atoms with Crippen molar-refractivity contribution in [2.75, 3.05) is 20.1 Å². The molecule has 0 aliphatic carbocycles. The number of nitrogens with two attached hydrogens (primary N) is 1. The highest BCUT2D eigenvalue weighted by Crippen LogP contribution is 1.87. The molecule has 0 unspecified atom stereocenters. The lowest BCUT2D eigenvalue weighted by Gasteiger charge is -2.22. The predicted octanol–water partition coefficient (Wildman–Crippen LogP) is -0.551. The third-order valence-electron chi connectivity index (χ3n) is 1.52. The molecule has 5 N–H and O–H groups in total. The fourth-order valence-corrected chi connectivity index (χ4v) is 0.920. The van der Waals surface area contributed by atoms with Gasteiger partial charge in [0, 0.05) is 20.1 Å². The van der Waals surface area contributed by atoms with Crippen molar-refractivity contribution in [1.82, 2.24) is 10.2 Å². The van der Waals surface area contributed by atoms with E-state index in [0.29, 0.717) is 5.96 Å². The van der Waals surface area contributed by atoms with Crippen molar-refractivity contribution >= 4 is 11.9 Å². The zero-order valence-electron chi connectivity index (χ0n) is 9.60. The molecule has 0 bridgehead atoms. The summed E-state index contributed by atoms with van der Waals surface area (Å²) in [4.78, 5) is 14.3. The first-order valence-electron chi connectivity index (χ1n) is 4.54. The van der Waals surface area contributed by atoms with Gasteiger partial charge in [-0.05, 0) is 13.8 Å². The van der Waals surface area contributed by atoms with Crippen LogP contribution in [0.2, 0.25) is 0 Å². The van der Waals surface area contributed by atoms with Gasteiger partial charge in [0.05, 0.1) is 0 Å². The smallest absolute Gasteiger partial charge is 0.291 e. The summed E-state index contributed by atoms with van der Waals surface area (Å²) in [5, 5.41) is 23.3. The Kier molecular flexibility index (Phi) is 9.71. The van der Waals surface area contributed by atoms with Gasteiger partial charge >= 0.3 is 0 Å². The molecular weight excluding hydrogens is 216 g/mol. The molecule has 0 atom stereocenters. The summed E-state index contributed by atoms with van der Waals surface area (Å²) in [7, 11) is 1.67. The van der Waals surface area contributed by atoms with Gasteiger partial charge in [-0.2, -0.15) is 0 Å². The van der Waals surface area contributed by atoms with Crippen molar-refractivity contribution in [3.63, 3.8) is 0 Å². The largest absolute Gasteiger partial charge is 0.370 e. The normalized spacial score (nSPS) is 9.81. The lowest BCUT2D eigenvalue weighted by Crippen LogP contribution is -2.46. The van der Waals surface area contributed by atoms with Crippen LogP contribution in [0.25, 0.3) is 0 Å². The van der Waals surface area contributed by atoms with Gasteiger partial charge in [0.25, 0.3) is 5.09 Å². The van der Waals surface area contributed by atoms with Crippen molar-refractivity contribution in [3.05, 3.63) is 10.1 Å². The average molecular weight is 234 g/mol. The van der Waals surface area contributed by atoms with Crippen LogP contribution in [0.3, 0.4) is 0 Å². The highest BCUT2D eigenvalue weighted by atomic mass is 16.9. The first-order valence-corrected chi connectivity index (χ1v) is 4.54. The Morgan fingerprint density at radius 3 is 2.19 bits per heavy atom. The summed E-state index contributed by atoms with van der Waals surface area (Å²) in [6.07, 6.45) is 0. The Morgan fingerprint density at radius 1 is 1.62 bits per heavy atom. The second-order valence-electron chi connectivity index (χ2n) is 2.50. The molecule has 9 heteroatoms. The Balaban J connectivity index is 0. The molecule has 9 nitrogen and oxygen atoms in total. The number of hydrogen-bond donors (Lipinski definition) is 4. The minimum Gasteiger partial charge on any atom is -0.370 e. The van der Waals surface area contributed by atoms with Gasteiger partial charge in [-0.15, -0.1) is 10.1 Å². The van der Waals surface area contributed by atoms with Crippen LogP contribution in [0, 0.1) is 15.5 Å². The van der Waals surface area contributed by atoms with Crippen molar-refractivity contribution in [2.24, 2.45) is 10.7 Å². The molecule has 0 saturated carbocycles. The minimum atomic E-state index is -1.50. The molecule has 0 rings (SSSR count). The van der Waals surface area contributed by atoms with E-state index >= 15 is 0 Å². The second-order valence-corrected chi connectivity index (χ2v) is 2.50. The summed E-state index contributed by atoms with van der Waals surface area (Å²) >= 11 is 0. The van der Waals surface area contributed by atoms with Gasteiger partial charge < -0.3 is 15.8 Å². The Morgan fingerprint density at radius 2 is 2.00 bits per heavy atom. The van der Waals surface area contributed by atoms with E-state index in [1.165, 1.54) is 0 Å². The first-order chi connectivity index (χ1) is 7.38. The molecule has 0 aliphatic heterocycles. The molecule has 0 aromatic heterocycles. The summed E-state index contributed by atoms with van der Waals surface area (Å²) in [5.41, 5.74) is 5.18. The number of hydrogen-bond acceptors (Lipinski definition) is 4. The summed E-state index contributed by atoms with van der Waals surface area (Å²) in [6, 6.07) is 0. The maximum atomic E-state index is 8.36. The van der Waals surface area contributed by atoms with Crippen LogP contribution in [0.1, 0.15) is 13.8 Å². The molecule has 0 aromatic rings. The van der Waals surface area contributed by atoms with Gasteiger partial charge in [0.15, 0.2) is 11.9 Å². The number of aliphatic imine (C=N–C) groups is 1. The molecule has 0 radical (unpaired) electrons. The van der Waals surface area contributed by atoms with E-state index in [-0.39, 0.29) is 5.96 Å². The van der Waals surface area contributed by atoms with E-state index in [0.717, 1.165) is 13.1 Å². The van der Waals surface area contributed by atoms with Gasteiger partial charge in [-0.3, -0.25) is 15.7 Å². The second kappa shape index (κ2) is 9.49. The Bertz CT molecular complexity index is 247. The van der Waals surface area contributed by atoms with E-state index in [4.69, 9.17) is 26.5 Å². The minimum absolute atomic E-state index is 0.0810. The third kappa shape index (κ3) is 10.0. The maximum absolute atomic E-state index is 8.36. The number of nitrogens with zero attached hydrogens (tertiary/aromatic N) is 3. The molecule has 16 heavy (non-hydrogen) atoms. The fourth-order valence-electron chi connectivity index (χ4n) is 0.920. The highest BCUT2D eigenvalue weighted by Gasteiger charge is 2.05. The Labute approximate surface area is 93.6 Å². The lowest BCUT2D eigenvalue weighted by atomic mass is 10.5. The van der Waals surface area contributed by atoms with Gasteiger partial charge in [0.1, 0.15) is 0 Å². The van der Waals surface area contributed by atoms with Crippen molar-refractivity contribution < 1.29 is 10.3 Å². The molecule has 0 aromatic carbocycles. The molecule has 0 spiro atoms. The van der Waals surface area contributed by atoms with E-state index in [1.807, 2.05) is 18.7 Å². The number of guanidine groups is 2. The fraction of sp³-hybridized carbons (Fsp3) is 0.714. The van der Waals surface area contributed by atoms with Crippen LogP contribution in [-0.4, -0.2) is 47.3 Å². The zero-order valence-corrected chi connectivity index (χ0v) is 9.60. The molecule has 0 saturated heterocycles. The van der Waals surface area contributed by atoms with Crippen molar-refractivity contribution in [3.8, 4) is 0 Å². The quantitative estimate of drug-likeness (QED) is 0.218. The van der Waals surface area contributed by atoms with Crippen LogP contribution in [0.15, 0.2) is 4.99 Å². The number of nitrogens with one attached hydrogen (secondary N) is 2. The number of rotatable bonds is 2. The van der Waals surface area contributed by atoms with Crippen molar-refractivity contribution in [2.45, 2.75) is 13.8 Å². The molecule has 0 heterocycles. The molecule has 94 valence electrons. The third-order valence-corrected chi connectivity index (χ3v) is 1.52. The van der Waals surface area contributed by atoms with Crippen LogP contribution in [0.4, 0.5) is 0 Å². The lowest BCUT2D eigenvalue weighted by molar-refractivity contribution is -0.742. The van der Waals surface area contributed by atoms with E-state index < -0.39 is 5.09 Å². The first kappa shape index (κ1) is 16.4. The average Bonchev–Trinajstić information content (AvgIpc) is 2.16. The molecule has 0 amide bonds. The SMILES string of the molecule is CCN(CC)/C(=N\C)NC(=N)N.O=[N+]([O-])O. The molecule has 0 fully saturated rings. The van der Waals surface area contributed by atoms with Gasteiger partial charge in [0.2, 0.25) is 0 Å². The summed E-state index contributed by atoms with van der Waals surface area (Å²) in [6.45, 7) is 5.75. The molecular formula is C7H18N6O3. The van der Waals surface area contributed by atoms with Crippen LogP contribution < -0.4 is 11.1 Å². The van der Waals surface area contributed by atoms with Gasteiger partial charge in [-0.1, -0.05) is 0 Å².